The number of amides is 1. The molecule has 6 nitrogen and oxygen atoms in total. The average Bonchev–Trinajstić information content (AvgIpc) is 3.03. The summed E-state index contributed by atoms with van der Waals surface area (Å²) in [5.74, 6) is 0.848. The van der Waals surface area contributed by atoms with E-state index in [4.69, 9.17) is 20.2 Å². The van der Waals surface area contributed by atoms with E-state index in [1.807, 2.05) is 13.0 Å². The number of aryl methyl sites for hydroxylation is 2. The van der Waals surface area contributed by atoms with Crippen LogP contribution in [0.4, 0.5) is 11.4 Å². The predicted octanol–water partition coefficient (Wildman–Crippen LogP) is 4.92. The molecular weight excluding hydrogens is 386 g/mol. The quantitative estimate of drug-likeness (QED) is 0.501. The summed E-state index contributed by atoms with van der Waals surface area (Å²) in [5.41, 5.74) is 10.5. The summed E-state index contributed by atoms with van der Waals surface area (Å²) in [7, 11) is 3.11. The van der Waals surface area contributed by atoms with E-state index in [2.05, 4.69) is 24.4 Å². The summed E-state index contributed by atoms with van der Waals surface area (Å²) in [4.78, 5) is 18.9. The van der Waals surface area contributed by atoms with Gasteiger partial charge < -0.3 is 20.5 Å². The zero-order valence-electron chi connectivity index (χ0n) is 16.6. The molecule has 4 rings (SSSR count). The third-order valence-corrected chi connectivity index (χ3v) is 5.93. The van der Waals surface area contributed by atoms with E-state index < -0.39 is 0 Å². The number of hydrogen-bond donors (Lipinski definition) is 2. The van der Waals surface area contributed by atoms with Gasteiger partial charge in [-0.05, 0) is 43.7 Å². The van der Waals surface area contributed by atoms with Gasteiger partial charge >= 0.3 is 0 Å². The third-order valence-electron chi connectivity index (χ3n) is 4.81. The maximum absolute atomic E-state index is 12.9. The van der Waals surface area contributed by atoms with Crippen molar-refractivity contribution in [1.82, 2.24) is 4.98 Å². The Labute approximate surface area is 172 Å². The van der Waals surface area contributed by atoms with Crippen LogP contribution in [0.2, 0.25) is 0 Å². The fourth-order valence-corrected chi connectivity index (χ4v) is 4.40. The molecule has 7 heteroatoms. The van der Waals surface area contributed by atoms with Crippen LogP contribution in [0.3, 0.4) is 0 Å². The number of nitrogens with one attached hydrogen (secondary N) is 1. The monoisotopic (exact) mass is 407 g/mol. The van der Waals surface area contributed by atoms with Gasteiger partial charge in [-0.15, -0.1) is 11.3 Å². The Balaban J connectivity index is 1.76. The number of benzene rings is 2. The molecule has 29 heavy (non-hydrogen) atoms. The molecule has 0 aliphatic rings. The summed E-state index contributed by atoms with van der Waals surface area (Å²) in [5, 5.41) is 4.68. The molecular formula is C22H21N3O3S. The van der Waals surface area contributed by atoms with E-state index in [9.17, 15) is 4.79 Å². The fraction of sp³-hybridized carbons (Fsp3) is 0.182. The maximum Gasteiger partial charge on any atom is 0.268 e. The lowest BCUT2D eigenvalue weighted by atomic mass is 10.1. The number of pyridine rings is 1. The number of rotatable bonds is 4. The first-order valence-electron chi connectivity index (χ1n) is 9.04. The minimum atomic E-state index is -0.300. The second-order valence-electron chi connectivity index (χ2n) is 6.86. The van der Waals surface area contributed by atoms with Crippen molar-refractivity contribution in [1.29, 1.82) is 0 Å². The average molecular weight is 407 g/mol. The molecule has 0 spiro atoms. The predicted molar refractivity (Wildman–Crippen MR) is 119 cm³/mol. The van der Waals surface area contributed by atoms with Gasteiger partial charge in [0.1, 0.15) is 21.2 Å². The standard InChI is InChI=1S/C22H21N3O3S/c1-11-7-12(2)19-13(8-11)9-15-18(23)20(29-22(15)25-19)21(26)24-16-6-5-14(27-3)10-17(16)28-4/h5-10H,23H2,1-4H3,(H,24,26). The minimum absolute atomic E-state index is 0.300. The highest BCUT2D eigenvalue weighted by Crippen LogP contribution is 2.37. The largest absolute Gasteiger partial charge is 0.497 e. The van der Waals surface area contributed by atoms with Crippen molar-refractivity contribution >= 4 is 49.7 Å². The van der Waals surface area contributed by atoms with Gasteiger partial charge in [0.2, 0.25) is 0 Å². The van der Waals surface area contributed by atoms with Crippen LogP contribution in [0.25, 0.3) is 21.1 Å². The Morgan fingerprint density at radius 1 is 1.10 bits per heavy atom. The lowest BCUT2D eigenvalue weighted by Gasteiger charge is -2.11. The zero-order valence-corrected chi connectivity index (χ0v) is 17.4. The van der Waals surface area contributed by atoms with Crippen molar-refractivity contribution in [2.45, 2.75) is 13.8 Å². The summed E-state index contributed by atoms with van der Waals surface area (Å²) in [6, 6.07) is 11.4. The zero-order chi connectivity index (χ0) is 20.7. The van der Waals surface area contributed by atoms with Crippen LogP contribution in [-0.2, 0) is 0 Å². The number of carbonyl (C=O) groups is 1. The third kappa shape index (κ3) is 3.34. The van der Waals surface area contributed by atoms with Crippen LogP contribution in [0.15, 0.2) is 36.4 Å². The number of nitrogens with zero attached hydrogens (tertiary/aromatic N) is 1. The van der Waals surface area contributed by atoms with Gasteiger partial charge in [0.15, 0.2) is 0 Å². The first-order valence-corrected chi connectivity index (χ1v) is 9.86. The van der Waals surface area contributed by atoms with Crippen molar-refractivity contribution in [2.75, 3.05) is 25.3 Å². The van der Waals surface area contributed by atoms with Crippen LogP contribution in [-0.4, -0.2) is 25.1 Å². The SMILES string of the molecule is COc1ccc(NC(=O)c2sc3nc4c(C)cc(C)cc4cc3c2N)c(OC)c1. The van der Waals surface area contributed by atoms with Gasteiger partial charge in [-0.1, -0.05) is 11.6 Å². The molecule has 0 saturated carbocycles. The molecule has 0 radical (unpaired) electrons. The van der Waals surface area contributed by atoms with E-state index >= 15 is 0 Å². The van der Waals surface area contributed by atoms with Crippen molar-refractivity contribution in [3.8, 4) is 11.5 Å². The van der Waals surface area contributed by atoms with Crippen LogP contribution in [0.5, 0.6) is 11.5 Å². The lowest BCUT2D eigenvalue weighted by molar-refractivity contribution is 0.103. The fourth-order valence-electron chi connectivity index (χ4n) is 3.43. The number of nitrogen functional groups attached to an aromatic ring is 1. The minimum Gasteiger partial charge on any atom is -0.497 e. The van der Waals surface area contributed by atoms with Crippen molar-refractivity contribution in [3.05, 3.63) is 52.4 Å². The lowest BCUT2D eigenvalue weighted by Crippen LogP contribution is -2.12. The number of carbonyl (C=O) groups excluding carboxylic acids is 1. The number of hydrogen-bond acceptors (Lipinski definition) is 6. The molecule has 0 fully saturated rings. The Morgan fingerprint density at radius 2 is 1.90 bits per heavy atom. The summed E-state index contributed by atoms with van der Waals surface area (Å²) in [6.45, 7) is 4.09. The second-order valence-corrected chi connectivity index (χ2v) is 7.86. The van der Waals surface area contributed by atoms with Crippen molar-refractivity contribution in [2.24, 2.45) is 0 Å². The van der Waals surface area contributed by atoms with E-state index in [1.165, 1.54) is 18.4 Å². The number of methoxy groups -OCH3 is 2. The molecule has 2 heterocycles. The van der Waals surface area contributed by atoms with Crippen molar-refractivity contribution in [3.63, 3.8) is 0 Å². The molecule has 0 aliphatic carbocycles. The number of nitrogens with two attached hydrogens (primary N) is 1. The molecule has 0 saturated heterocycles. The number of aromatic nitrogens is 1. The van der Waals surface area contributed by atoms with Gasteiger partial charge in [0.05, 0.1) is 31.1 Å². The Kier molecular flexibility index (Phi) is 4.76. The maximum atomic E-state index is 12.9. The number of thiophene rings is 1. The molecule has 0 bridgehead atoms. The van der Waals surface area contributed by atoms with Gasteiger partial charge in [0, 0.05) is 16.8 Å². The molecule has 148 valence electrons. The van der Waals surface area contributed by atoms with Gasteiger partial charge in [0.25, 0.3) is 5.91 Å². The summed E-state index contributed by atoms with van der Waals surface area (Å²) >= 11 is 1.29. The highest BCUT2D eigenvalue weighted by Gasteiger charge is 2.20. The molecule has 0 atom stereocenters. The van der Waals surface area contributed by atoms with Crippen LogP contribution in [0.1, 0.15) is 20.8 Å². The van der Waals surface area contributed by atoms with Gasteiger partial charge in [-0.2, -0.15) is 0 Å². The molecule has 0 aliphatic heterocycles. The molecule has 3 N–H and O–H groups in total. The van der Waals surface area contributed by atoms with Crippen molar-refractivity contribution < 1.29 is 14.3 Å². The number of fused-ring (bicyclic) bond motifs is 2. The van der Waals surface area contributed by atoms with Crippen LogP contribution < -0.4 is 20.5 Å². The number of ether oxygens (including phenoxy) is 2. The first-order chi connectivity index (χ1) is 13.9. The normalized spacial score (nSPS) is 11.0. The van der Waals surface area contributed by atoms with Gasteiger partial charge in [-0.3, -0.25) is 4.79 Å². The van der Waals surface area contributed by atoms with Crippen LogP contribution >= 0.6 is 11.3 Å². The van der Waals surface area contributed by atoms with Crippen LogP contribution in [0, 0.1) is 13.8 Å². The van der Waals surface area contributed by atoms with E-state index in [0.29, 0.717) is 27.8 Å². The number of anilines is 2. The molecule has 2 aromatic heterocycles. The molecule has 4 aromatic rings. The highest BCUT2D eigenvalue weighted by atomic mass is 32.1. The highest BCUT2D eigenvalue weighted by molar-refractivity contribution is 7.21. The summed E-state index contributed by atoms with van der Waals surface area (Å²) in [6.07, 6.45) is 0. The van der Waals surface area contributed by atoms with E-state index in [-0.39, 0.29) is 5.91 Å². The molecule has 1 amide bonds. The van der Waals surface area contributed by atoms with Gasteiger partial charge in [-0.25, -0.2) is 4.98 Å². The van der Waals surface area contributed by atoms with E-state index in [1.54, 1.807) is 25.3 Å². The van der Waals surface area contributed by atoms with E-state index in [0.717, 1.165) is 32.2 Å². The molecule has 0 unspecified atom stereocenters. The smallest absolute Gasteiger partial charge is 0.268 e. The Hall–Kier alpha value is -3.32. The first kappa shape index (κ1) is 19.0. The Bertz CT molecular complexity index is 1260. The Morgan fingerprint density at radius 3 is 2.62 bits per heavy atom. The second kappa shape index (κ2) is 7.25. The molecule has 2 aromatic carbocycles. The summed E-state index contributed by atoms with van der Waals surface area (Å²) < 4.78 is 10.6. The topological polar surface area (TPSA) is 86.5 Å².